The number of thiocarbonyl (C=S) groups is 1. The van der Waals surface area contributed by atoms with Gasteiger partial charge in [0.15, 0.2) is 10.7 Å². The summed E-state index contributed by atoms with van der Waals surface area (Å²) in [5.74, 6) is 0.480. The van der Waals surface area contributed by atoms with Crippen molar-refractivity contribution in [3.8, 4) is 11.5 Å². The smallest absolute Gasteiger partial charge is 0.227 e. The molecule has 7 heteroatoms. The highest BCUT2D eigenvalue weighted by molar-refractivity contribution is 14.1. The van der Waals surface area contributed by atoms with Crippen LogP contribution in [-0.2, 0) is 4.79 Å². The van der Waals surface area contributed by atoms with Crippen LogP contribution in [0.25, 0.3) is 22.6 Å². The van der Waals surface area contributed by atoms with Gasteiger partial charge in [0.05, 0.1) is 0 Å². The van der Waals surface area contributed by atoms with Gasteiger partial charge in [-0.05, 0) is 77.6 Å². The molecular formula is C18H16IN3O2S. The van der Waals surface area contributed by atoms with Crippen molar-refractivity contribution in [3.05, 3.63) is 46.0 Å². The number of hydrogen-bond donors (Lipinski definition) is 2. The first-order valence-electron chi connectivity index (χ1n) is 7.82. The van der Waals surface area contributed by atoms with Gasteiger partial charge in [-0.25, -0.2) is 4.98 Å². The summed E-state index contributed by atoms with van der Waals surface area (Å²) < 4.78 is 6.94. The Morgan fingerprint density at radius 3 is 2.88 bits per heavy atom. The highest BCUT2D eigenvalue weighted by Crippen LogP contribution is 2.27. The number of amides is 1. The summed E-state index contributed by atoms with van der Waals surface area (Å²) in [7, 11) is 0. The van der Waals surface area contributed by atoms with E-state index in [1.165, 1.54) is 0 Å². The second-order valence-corrected chi connectivity index (χ2v) is 7.12. The SMILES string of the molecule is CCCC(=O)NC(=S)Nc1ccc2oc(-c3cccc(I)c3)nc2c1. The summed E-state index contributed by atoms with van der Waals surface area (Å²) in [5.41, 5.74) is 3.10. The zero-order chi connectivity index (χ0) is 17.8. The number of nitrogens with one attached hydrogen (secondary N) is 2. The van der Waals surface area contributed by atoms with Crippen molar-refractivity contribution >= 4 is 62.6 Å². The molecule has 0 aliphatic rings. The number of carbonyl (C=O) groups is 1. The third-order valence-electron chi connectivity index (χ3n) is 3.45. The zero-order valence-corrected chi connectivity index (χ0v) is 16.5. The number of halogens is 1. The first-order valence-corrected chi connectivity index (χ1v) is 9.31. The van der Waals surface area contributed by atoms with E-state index in [4.69, 9.17) is 16.6 Å². The van der Waals surface area contributed by atoms with Gasteiger partial charge in [-0.1, -0.05) is 13.0 Å². The molecular weight excluding hydrogens is 449 g/mol. The lowest BCUT2D eigenvalue weighted by Crippen LogP contribution is -2.33. The summed E-state index contributed by atoms with van der Waals surface area (Å²) in [6.45, 7) is 1.94. The van der Waals surface area contributed by atoms with E-state index in [2.05, 4.69) is 38.2 Å². The van der Waals surface area contributed by atoms with Gasteiger partial charge in [-0.3, -0.25) is 4.79 Å². The van der Waals surface area contributed by atoms with Crippen LogP contribution in [-0.4, -0.2) is 16.0 Å². The Labute approximate surface area is 164 Å². The second-order valence-electron chi connectivity index (χ2n) is 5.46. The molecule has 0 unspecified atom stereocenters. The van der Waals surface area contributed by atoms with Crippen LogP contribution < -0.4 is 10.6 Å². The topological polar surface area (TPSA) is 67.2 Å². The largest absolute Gasteiger partial charge is 0.436 e. The van der Waals surface area contributed by atoms with Crippen LogP contribution >= 0.6 is 34.8 Å². The third kappa shape index (κ3) is 4.55. The number of nitrogens with zero attached hydrogens (tertiary/aromatic N) is 1. The molecule has 0 fully saturated rings. The molecule has 1 heterocycles. The van der Waals surface area contributed by atoms with Gasteiger partial charge in [0.2, 0.25) is 11.8 Å². The molecule has 2 aromatic carbocycles. The monoisotopic (exact) mass is 465 g/mol. The van der Waals surface area contributed by atoms with E-state index in [1.54, 1.807) is 0 Å². The van der Waals surface area contributed by atoms with Gasteiger partial charge in [-0.2, -0.15) is 0 Å². The second kappa shape index (κ2) is 7.92. The maximum Gasteiger partial charge on any atom is 0.227 e. The molecule has 5 nitrogen and oxygen atoms in total. The molecule has 2 N–H and O–H groups in total. The summed E-state index contributed by atoms with van der Waals surface area (Å²) in [6.07, 6.45) is 1.23. The molecule has 0 spiro atoms. The molecule has 0 aliphatic heterocycles. The molecule has 1 aromatic heterocycles. The van der Waals surface area contributed by atoms with Crippen LogP contribution in [0.4, 0.5) is 5.69 Å². The van der Waals surface area contributed by atoms with Crippen molar-refractivity contribution in [2.24, 2.45) is 0 Å². The maximum atomic E-state index is 11.6. The van der Waals surface area contributed by atoms with Crippen molar-refractivity contribution in [3.63, 3.8) is 0 Å². The van der Waals surface area contributed by atoms with Gasteiger partial charge in [0, 0.05) is 21.2 Å². The summed E-state index contributed by atoms with van der Waals surface area (Å²) in [4.78, 5) is 16.1. The molecule has 0 radical (unpaired) electrons. The van der Waals surface area contributed by atoms with Crippen molar-refractivity contribution < 1.29 is 9.21 Å². The lowest BCUT2D eigenvalue weighted by Gasteiger charge is -2.08. The van der Waals surface area contributed by atoms with E-state index < -0.39 is 0 Å². The predicted octanol–water partition coefficient (Wildman–Crippen LogP) is 4.71. The van der Waals surface area contributed by atoms with Gasteiger partial charge >= 0.3 is 0 Å². The van der Waals surface area contributed by atoms with Crippen molar-refractivity contribution in [1.29, 1.82) is 0 Å². The fourth-order valence-corrected chi connectivity index (χ4v) is 3.10. The number of aromatic nitrogens is 1. The van der Waals surface area contributed by atoms with Crippen molar-refractivity contribution in [1.82, 2.24) is 10.3 Å². The minimum absolute atomic E-state index is 0.0940. The van der Waals surface area contributed by atoms with E-state index in [0.29, 0.717) is 17.9 Å². The minimum Gasteiger partial charge on any atom is -0.436 e. The Morgan fingerprint density at radius 1 is 1.28 bits per heavy atom. The molecule has 3 aromatic rings. The number of benzene rings is 2. The summed E-state index contributed by atoms with van der Waals surface area (Å²) >= 11 is 7.41. The van der Waals surface area contributed by atoms with E-state index >= 15 is 0 Å². The number of fused-ring (bicyclic) bond motifs is 1. The number of rotatable bonds is 4. The minimum atomic E-state index is -0.0940. The fraction of sp³-hybridized carbons (Fsp3) is 0.167. The van der Waals surface area contributed by atoms with Crippen LogP contribution in [0.1, 0.15) is 19.8 Å². The van der Waals surface area contributed by atoms with Gasteiger partial charge < -0.3 is 15.1 Å². The average Bonchev–Trinajstić information content (AvgIpc) is 2.98. The van der Waals surface area contributed by atoms with E-state index in [0.717, 1.165) is 26.8 Å². The van der Waals surface area contributed by atoms with E-state index in [9.17, 15) is 4.79 Å². The zero-order valence-electron chi connectivity index (χ0n) is 13.5. The van der Waals surface area contributed by atoms with E-state index in [1.807, 2.05) is 49.4 Å². The number of carbonyl (C=O) groups excluding carboxylic acids is 1. The number of anilines is 1. The molecule has 128 valence electrons. The normalized spacial score (nSPS) is 10.6. The predicted molar refractivity (Wildman–Crippen MR) is 111 cm³/mol. The Balaban J connectivity index is 1.78. The van der Waals surface area contributed by atoms with Gasteiger partial charge in [0.1, 0.15) is 5.52 Å². The Morgan fingerprint density at radius 2 is 2.12 bits per heavy atom. The first-order chi connectivity index (χ1) is 12.0. The van der Waals surface area contributed by atoms with Crippen LogP contribution in [0.2, 0.25) is 0 Å². The standard InChI is InChI=1S/C18H16IN3O2S/c1-2-4-16(23)22-18(25)20-13-7-8-15-14(10-13)21-17(24-15)11-5-3-6-12(19)9-11/h3,5-10H,2,4H2,1H3,(H2,20,22,23,25). The van der Waals surface area contributed by atoms with Gasteiger partial charge in [-0.15, -0.1) is 0 Å². The van der Waals surface area contributed by atoms with Gasteiger partial charge in [0.25, 0.3) is 0 Å². The average molecular weight is 465 g/mol. The highest BCUT2D eigenvalue weighted by Gasteiger charge is 2.10. The molecule has 0 saturated heterocycles. The number of oxazole rings is 1. The van der Waals surface area contributed by atoms with Crippen LogP contribution in [0.15, 0.2) is 46.9 Å². The fourth-order valence-electron chi connectivity index (χ4n) is 2.33. The quantitative estimate of drug-likeness (QED) is 0.432. The van der Waals surface area contributed by atoms with Crippen molar-refractivity contribution in [2.45, 2.75) is 19.8 Å². The Hall–Kier alpha value is -2.00. The Kier molecular flexibility index (Phi) is 5.64. The molecule has 0 bridgehead atoms. The summed E-state index contributed by atoms with van der Waals surface area (Å²) in [5, 5.41) is 5.93. The number of hydrogen-bond acceptors (Lipinski definition) is 4. The van der Waals surface area contributed by atoms with E-state index in [-0.39, 0.29) is 11.0 Å². The molecule has 25 heavy (non-hydrogen) atoms. The lowest BCUT2D eigenvalue weighted by atomic mass is 10.2. The third-order valence-corrected chi connectivity index (χ3v) is 4.32. The lowest BCUT2D eigenvalue weighted by molar-refractivity contribution is -0.119. The van der Waals surface area contributed by atoms with Crippen LogP contribution in [0, 0.1) is 3.57 Å². The molecule has 1 amide bonds. The van der Waals surface area contributed by atoms with Crippen LogP contribution in [0.5, 0.6) is 0 Å². The Bertz CT molecular complexity index is 939. The molecule has 0 atom stereocenters. The molecule has 0 aliphatic carbocycles. The summed E-state index contributed by atoms with van der Waals surface area (Å²) in [6, 6.07) is 13.5. The molecule has 3 rings (SSSR count). The first kappa shape index (κ1) is 17.8. The highest BCUT2D eigenvalue weighted by atomic mass is 127. The molecule has 0 saturated carbocycles. The van der Waals surface area contributed by atoms with Crippen LogP contribution in [0.3, 0.4) is 0 Å². The van der Waals surface area contributed by atoms with Crippen molar-refractivity contribution in [2.75, 3.05) is 5.32 Å². The maximum absolute atomic E-state index is 11.6.